The van der Waals surface area contributed by atoms with Crippen LogP contribution in [0.3, 0.4) is 0 Å². The summed E-state index contributed by atoms with van der Waals surface area (Å²) in [5.74, 6) is 0.893. The van der Waals surface area contributed by atoms with Crippen molar-refractivity contribution in [1.82, 2.24) is 4.90 Å². The van der Waals surface area contributed by atoms with Crippen molar-refractivity contribution in [3.63, 3.8) is 0 Å². The fourth-order valence-electron chi connectivity index (χ4n) is 2.22. The Hall–Kier alpha value is -0.340. The maximum atomic E-state index is 2.60. The molecule has 78 valence electrons. The van der Waals surface area contributed by atoms with Crippen molar-refractivity contribution in [2.24, 2.45) is 5.92 Å². The summed E-state index contributed by atoms with van der Waals surface area (Å²) in [6.07, 6.45) is 2.80. The summed E-state index contributed by atoms with van der Waals surface area (Å²) in [5.41, 5.74) is 0. The van der Waals surface area contributed by atoms with E-state index in [9.17, 15) is 0 Å². The highest BCUT2D eigenvalue weighted by Gasteiger charge is 2.16. The molecule has 1 nitrogen and oxygen atoms in total. The van der Waals surface area contributed by atoms with Crippen molar-refractivity contribution in [2.75, 3.05) is 13.1 Å². The Morgan fingerprint density at radius 3 is 3.00 bits per heavy atom. The van der Waals surface area contributed by atoms with Crippen LogP contribution in [0.15, 0.2) is 12.1 Å². The molecule has 1 aromatic heterocycles. The van der Waals surface area contributed by atoms with Gasteiger partial charge in [0.2, 0.25) is 0 Å². The number of hydrogen-bond donors (Lipinski definition) is 0. The molecule has 0 saturated carbocycles. The second kappa shape index (κ2) is 4.45. The summed E-state index contributed by atoms with van der Waals surface area (Å²) < 4.78 is 0. The number of likely N-dealkylation sites (tertiary alicyclic amines) is 1. The molecule has 0 amide bonds. The number of thiophene rings is 1. The summed E-state index contributed by atoms with van der Waals surface area (Å²) in [5, 5.41) is 0. The zero-order valence-corrected chi connectivity index (χ0v) is 9.94. The quantitative estimate of drug-likeness (QED) is 0.722. The molecule has 0 N–H and O–H groups in total. The Labute approximate surface area is 90.7 Å². The molecular weight excluding hydrogens is 190 g/mol. The molecule has 1 aliphatic rings. The van der Waals surface area contributed by atoms with Gasteiger partial charge in [-0.1, -0.05) is 6.92 Å². The van der Waals surface area contributed by atoms with Gasteiger partial charge in [-0.15, -0.1) is 11.3 Å². The van der Waals surface area contributed by atoms with Gasteiger partial charge in [-0.3, -0.25) is 4.90 Å². The highest BCUT2D eigenvalue weighted by Crippen LogP contribution is 2.21. The highest BCUT2D eigenvalue weighted by molar-refractivity contribution is 7.11. The lowest BCUT2D eigenvalue weighted by molar-refractivity contribution is 0.178. The molecule has 14 heavy (non-hydrogen) atoms. The van der Waals surface area contributed by atoms with Crippen LogP contribution in [0, 0.1) is 12.8 Å². The third-order valence-electron chi connectivity index (χ3n) is 2.92. The van der Waals surface area contributed by atoms with Crippen molar-refractivity contribution < 1.29 is 0 Å². The molecule has 1 atom stereocenters. The predicted molar refractivity (Wildman–Crippen MR) is 62.7 cm³/mol. The van der Waals surface area contributed by atoms with Gasteiger partial charge in [0.15, 0.2) is 0 Å². The average Bonchev–Trinajstić information content (AvgIpc) is 2.51. The summed E-state index contributed by atoms with van der Waals surface area (Å²) in [6.45, 7) is 8.31. The van der Waals surface area contributed by atoms with E-state index in [1.165, 1.54) is 42.2 Å². The molecule has 0 radical (unpaired) electrons. The van der Waals surface area contributed by atoms with Crippen LogP contribution in [0.5, 0.6) is 0 Å². The van der Waals surface area contributed by atoms with E-state index in [-0.39, 0.29) is 0 Å². The molecule has 2 heteroatoms. The largest absolute Gasteiger partial charge is 0.298 e. The van der Waals surface area contributed by atoms with Crippen molar-refractivity contribution >= 4 is 11.3 Å². The van der Waals surface area contributed by atoms with Crippen LogP contribution >= 0.6 is 11.3 Å². The van der Waals surface area contributed by atoms with Gasteiger partial charge in [-0.05, 0) is 44.4 Å². The molecular formula is C12H19NS. The first-order valence-corrected chi connectivity index (χ1v) is 6.33. The summed E-state index contributed by atoms with van der Waals surface area (Å²) in [7, 11) is 0. The molecule has 0 aromatic carbocycles. The molecule has 0 bridgehead atoms. The van der Waals surface area contributed by atoms with Crippen LogP contribution in [0.4, 0.5) is 0 Å². The highest BCUT2D eigenvalue weighted by atomic mass is 32.1. The maximum Gasteiger partial charge on any atom is 0.0328 e. The summed E-state index contributed by atoms with van der Waals surface area (Å²) >= 11 is 1.94. The number of nitrogens with zero attached hydrogens (tertiary/aromatic N) is 1. The lowest BCUT2D eigenvalue weighted by Crippen LogP contribution is -2.33. The first kappa shape index (κ1) is 10.2. The first-order chi connectivity index (χ1) is 6.74. The van der Waals surface area contributed by atoms with Gasteiger partial charge in [0.25, 0.3) is 0 Å². The van der Waals surface area contributed by atoms with Gasteiger partial charge in [0, 0.05) is 22.8 Å². The Balaban J connectivity index is 1.90. The van der Waals surface area contributed by atoms with Crippen molar-refractivity contribution in [1.29, 1.82) is 0 Å². The molecule has 2 rings (SSSR count). The zero-order chi connectivity index (χ0) is 9.97. The maximum absolute atomic E-state index is 2.60. The molecule has 2 heterocycles. The predicted octanol–water partition coefficient (Wildman–Crippen LogP) is 3.29. The van der Waals surface area contributed by atoms with Crippen LogP contribution in [0.2, 0.25) is 0 Å². The fourth-order valence-corrected chi connectivity index (χ4v) is 3.15. The molecule has 1 saturated heterocycles. The zero-order valence-electron chi connectivity index (χ0n) is 9.12. The Morgan fingerprint density at radius 2 is 2.36 bits per heavy atom. The average molecular weight is 209 g/mol. The second-order valence-corrected chi connectivity index (χ2v) is 5.87. The Bertz CT molecular complexity index is 292. The van der Waals surface area contributed by atoms with E-state index >= 15 is 0 Å². The van der Waals surface area contributed by atoms with Crippen LogP contribution < -0.4 is 0 Å². The van der Waals surface area contributed by atoms with Gasteiger partial charge in [-0.2, -0.15) is 0 Å². The number of aryl methyl sites for hydroxylation is 1. The van der Waals surface area contributed by atoms with Crippen LogP contribution in [-0.4, -0.2) is 18.0 Å². The minimum Gasteiger partial charge on any atom is -0.298 e. The van der Waals surface area contributed by atoms with Gasteiger partial charge < -0.3 is 0 Å². The third-order valence-corrected chi connectivity index (χ3v) is 3.90. The molecule has 0 aliphatic carbocycles. The van der Waals surface area contributed by atoms with Crippen LogP contribution in [0.25, 0.3) is 0 Å². The van der Waals surface area contributed by atoms with Gasteiger partial charge in [0.05, 0.1) is 0 Å². The molecule has 1 aliphatic heterocycles. The van der Waals surface area contributed by atoms with Crippen LogP contribution in [0.1, 0.15) is 29.5 Å². The van der Waals surface area contributed by atoms with Crippen LogP contribution in [-0.2, 0) is 6.54 Å². The number of piperidine rings is 1. The summed E-state index contributed by atoms with van der Waals surface area (Å²) in [6, 6.07) is 4.51. The van der Waals surface area contributed by atoms with Gasteiger partial charge in [0.1, 0.15) is 0 Å². The minimum atomic E-state index is 0.893. The standard InChI is InChI=1S/C12H19NS/c1-10-4-3-7-13(8-10)9-12-6-5-11(2)14-12/h5-6,10H,3-4,7-9H2,1-2H3/t10-/m1/s1. The van der Waals surface area contributed by atoms with Crippen molar-refractivity contribution in [3.05, 3.63) is 21.9 Å². The number of hydrogen-bond acceptors (Lipinski definition) is 2. The minimum absolute atomic E-state index is 0.893. The SMILES string of the molecule is Cc1ccc(CN2CCC[C@@H](C)C2)s1. The van der Waals surface area contributed by atoms with Gasteiger partial charge >= 0.3 is 0 Å². The Kier molecular flexibility index (Phi) is 3.24. The van der Waals surface area contributed by atoms with E-state index in [2.05, 4.69) is 30.9 Å². The second-order valence-electron chi connectivity index (χ2n) is 4.49. The molecule has 0 unspecified atom stereocenters. The number of rotatable bonds is 2. The lowest BCUT2D eigenvalue weighted by atomic mass is 10.0. The van der Waals surface area contributed by atoms with E-state index in [1.807, 2.05) is 11.3 Å². The molecule has 1 fully saturated rings. The first-order valence-electron chi connectivity index (χ1n) is 5.52. The molecule has 1 aromatic rings. The normalized spacial score (nSPS) is 24.0. The van der Waals surface area contributed by atoms with E-state index in [0.29, 0.717) is 0 Å². The van der Waals surface area contributed by atoms with Crippen molar-refractivity contribution in [2.45, 2.75) is 33.2 Å². The monoisotopic (exact) mass is 209 g/mol. The van der Waals surface area contributed by atoms with Gasteiger partial charge in [-0.25, -0.2) is 0 Å². The van der Waals surface area contributed by atoms with E-state index in [1.54, 1.807) is 0 Å². The smallest absolute Gasteiger partial charge is 0.0328 e. The Morgan fingerprint density at radius 1 is 1.50 bits per heavy atom. The topological polar surface area (TPSA) is 3.24 Å². The fraction of sp³-hybridized carbons (Fsp3) is 0.667. The molecule has 0 spiro atoms. The lowest BCUT2D eigenvalue weighted by Gasteiger charge is -2.30. The van der Waals surface area contributed by atoms with E-state index < -0.39 is 0 Å². The van der Waals surface area contributed by atoms with E-state index in [0.717, 1.165) is 5.92 Å². The van der Waals surface area contributed by atoms with Crippen molar-refractivity contribution in [3.8, 4) is 0 Å². The van der Waals surface area contributed by atoms with E-state index in [4.69, 9.17) is 0 Å². The summed E-state index contributed by atoms with van der Waals surface area (Å²) in [4.78, 5) is 5.56. The third kappa shape index (κ3) is 2.58.